The van der Waals surface area contributed by atoms with Gasteiger partial charge in [0, 0.05) is 21.1 Å². The zero-order valence-corrected chi connectivity index (χ0v) is 7.45. The Morgan fingerprint density at radius 2 is 1.71 bits per heavy atom. The van der Waals surface area contributed by atoms with Crippen LogP contribution in [0.4, 0.5) is 0 Å². The van der Waals surface area contributed by atoms with Gasteiger partial charge in [0.15, 0.2) is 0 Å². The molecule has 0 saturated carbocycles. The Morgan fingerprint density at radius 3 is 1.71 bits per heavy atom. The van der Waals surface area contributed by atoms with E-state index in [0.29, 0.717) is 5.92 Å². The molecule has 44 valence electrons. The second-order valence-corrected chi connectivity index (χ2v) is 1.51. The normalized spacial score (nSPS) is 8.57. The molecule has 7 heavy (non-hydrogen) atoms. The SMILES string of the molecule is [CH2-]CCC([CH2-])[CH2-].[W]. The first-order valence-corrected chi connectivity index (χ1v) is 2.22. The summed E-state index contributed by atoms with van der Waals surface area (Å²) in [6.45, 7) is 11.0. The summed E-state index contributed by atoms with van der Waals surface area (Å²) in [5, 5.41) is 0. The Bertz CT molecular complexity index is 25.4. The fourth-order valence-corrected chi connectivity index (χ4v) is 0.289. The maximum absolute atomic E-state index is 3.68. The van der Waals surface area contributed by atoms with E-state index in [2.05, 4.69) is 20.8 Å². The summed E-state index contributed by atoms with van der Waals surface area (Å²) >= 11 is 0. The minimum Gasteiger partial charge on any atom is -0.370 e. The molecule has 0 bridgehead atoms. The third-order valence-electron chi connectivity index (χ3n) is 0.612. The van der Waals surface area contributed by atoms with E-state index in [0.717, 1.165) is 12.8 Å². The average Bonchev–Trinajstić information content (AvgIpc) is 1.35. The summed E-state index contributed by atoms with van der Waals surface area (Å²) in [5.74, 6) is 0.336. The molecule has 0 fully saturated rings. The second-order valence-electron chi connectivity index (χ2n) is 1.51. The van der Waals surface area contributed by atoms with Crippen LogP contribution in [0.5, 0.6) is 0 Å². The first-order valence-electron chi connectivity index (χ1n) is 2.22. The van der Waals surface area contributed by atoms with Crippen molar-refractivity contribution in [1.82, 2.24) is 0 Å². The molecule has 0 unspecified atom stereocenters. The van der Waals surface area contributed by atoms with Crippen molar-refractivity contribution in [2.45, 2.75) is 12.8 Å². The van der Waals surface area contributed by atoms with Gasteiger partial charge in [0.25, 0.3) is 0 Å². The summed E-state index contributed by atoms with van der Waals surface area (Å²) < 4.78 is 0. The van der Waals surface area contributed by atoms with Gasteiger partial charge in [-0.25, -0.2) is 0 Å². The second kappa shape index (κ2) is 6.69. The molecule has 0 N–H and O–H groups in total. The number of hydrogen-bond acceptors (Lipinski definition) is 0. The summed E-state index contributed by atoms with van der Waals surface area (Å²) in [4.78, 5) is 0. The molecule has 0 heterocycles. The molecular weight excluding hydrogens is 256 g/mol. The largest absolute Gasteiger partial charge is 0.370 e. The first kappa shape index (κ1) is 10.6. The number of hydrogen-bond donors (Lipinski definition) is 0. The Kier molecular flexibility index (Phi) is 10.2. The standard InChI is InChI=1S/C6H11.W/c1-4-5-6(2)3;/h6H,1-5H2;/q-3;. The maximum atomic E-state index is 3.68. The van der Waals surface area contributed by atoms with Crippen LogP contribution < -0.4 is 0 Å². The Balaban J connectivity index is 0. The van der Waals surface area contributed by atoms with Gasteiger partial charge in [0.05, 0.1) is 0 Å². The molecule has 0 saturated heterocycles. The van der Waals surface area contributed by atoms with Crippen molar-refractivity contribution in [2.24, 2.45) is 5.92 Å². The molecule has 0 aromatic carbocycles. The van der Waals surface area contributed by atoms with Gasteiger partial charge in [0.1, 0.15) is 0 Å². The van der Waals surface area contributed by atoms with Crippen LogP contribution in [0.1, 0.15) is 12.8 Å². The monoisotopic (exact) mass is 267 g/mol. The molecule has 0 aromatic rings. The molecule has 0 rings (SSSR count). The van der Waals surface area contributed by atoms with Crippen LogP contribution >= 0.6 is 0 Å². The van der Waals surface area contributed by atoms with Gasteiger partial charge >= 0.3 is 0 Å². The molecular formula is C6H11W-3. The van der Waals surface area contributed by atoms with Crippen LogP contribution in [0, 0.1) is 26.7 Å². The van der Waals surface area contributed by atoms with E-state index in [-0.39, 0.29) is 21.1 Å². The van der Waals surface area contributed by atoms with Gasteiger partial charge in [-0.15, -0.1) is 6.42 Å². The molecule has 0 aromatic heterocycles. The van der Waals surface area contributed by atoms with Crippen LogP contribution in [-0.2, 0) is 21.1 Å². The molecule has 0 spiro atoms. The van der Waals surface area contributed by atoms with Crippen LogP contribution in [0.3, 0.4) is 0 Å². The van der Waals surface area contributed by atoms with Crippen LogP contribution in [-0.4, -0.2) is 0 Å². The first-order chi connectivity index (χ1) is 2.77. The average molecular weight is 267 g/mol. The van der Waals surface area contributed by atoms with Crippen molar-refractivity contribution in [3.63, 3.8) is 0 Å². The van der Waals surface area contributed by atoms with Gasteiger partial charge < -0.3 is 26.7 Å². The molecule has 0 nitrogen and oxygen atoms in total. The van der Waals surface area contributed by atoms with E-state index < -0.39 is 0 Å². The van der Waals surface area contributed by atoms with Gasteiger partial charge in [-0.3, -0.25) is 0 Å². The summed E-state index contributed by atoms with van der Waals surface area (Å²) in [5.41, 5.74) is 0. The van der Waals surface area contributed by atoms with Gasteiger partial charge in [0.2, 0.25) is 0 Å². The van der Waals surface area contributed by atoms with E-state index in [9.17, 15) is 0 Å². The zero-order chi connectivity index (χ0) is 4.99. The zero-order valence-electron chi connectivity index (χ0n) is 4.52. The smallest absolute Gasteiger partial charge is 0 e. The summed E-state index contributed by atoms with van der Waals surface area (Å²) in [6.07, 6.45) is 2.00. The third-order valence-corrected chi connectivity index (χ3v) is 0.612. The van der Waals surface area contributed by atoms with Crippen molar-refractivity contribution in [2.75, 3.05) is 0 Å². The maximum Gasteiger partial charge on any atom is 0 e. The predicted octanol–water partition coefficient (Wildman–Crippen LogP) is 1.88. The van der Waals surface area contributed by atoms with Crippen molar-refractivity contribution in [3.8, 4) is 0 Å². The Labute approximate surface area is 61.0 Å². The van der Waals surface area contributed by atoms with E-state index >= 15 is 0 Å². The third kappa shape index (κ3) is 10.8. The fraction of sp³-hybridized carbons (Fsp3) is 0.500. The quantitative estimate of drug-likeness (QED) is 0.670. The van der Waals surface area contributed by atoms with Crippen molar-refractivity contribution in [3.05, 3.63) is 20.8 Å². The Morgan fingerprint density at radius 1 is 1.29 bits per heavy atom. The van der Waals surface area contributed by atoms with Crippen molar-refractivity contribution >= 4 is 0 Å². The molecule has 0 atom stereocenters. The van der Waals surface area contributed by atoms with E-state index in [4.69, 9.17) is 0 Å². The topological polar surface area (TPSA) is 0 Å². The minimum absolute atomic E-state index is 0. The van der Waals surface area contributed by atoms with Crippen LogP contribution in [0.2, 0.25) is 0 Å². The summed E-state index contributed by atoms with van der Waals surface area (Å²) in [6, 6.07) is 0. The van der Waals surface area contributed by atoms with Crippen molar-refractivity contribution < 1.29 is 21.1 Å². The van der Waals surface area contributed by atoms with Crippen LogP contribution in [0.15, 0.2) is 0 Å². The fourth-order valence-electron chi connectivity index (χ4n) is 0.289. The van der Waals surface area contributed by atoms with E-state index in [1.54, 1.807) is 0 Å². The van der Waals surface area contributed by atoms with Gasteiger partial charge in [-0.05, 0) is 0 Å². The molecule has 0 aliphatic carbocycles. The Hall–Kier alpha value is 0.688. The molecule has 1 heteroatoms. The van der Waals surface area contributed by atoms with Crippen LogP contribution in [0.25, 0.3) is 0 Å². The van der Waals surface area contributed by atoms with Gasteiger partial charge in [-0.1, -0.05) is 0 Å². The molecule has 0 radical (unpaired) electrons. The van der Waals surface area contributed by atoms with E-state index in [1.165, 1.54) is 0 Å². The number of rotatable bonds is 2. The molecule has 0 amide bonds. The van der Waals surface area contributed by atoms with Gasteiger partial charge in [-0.2, -0.15) is 6.42 Å². The predicted molar refractivity (Wildman–Crippen MR) is 28.8 cm³/mol. The molecule has 0 aliphatic heterocycles. The van der Waals surface area contributed by atoms with Crippen molar-refractivity contribution in [1.29, 1.82) is 0 Å². The van der Waals surface area contributed by atoms with E-state index in [1.807, 2.05) is 0 Å². The minimum atomic E-state index is 0. The molecule has 0 aliphatic rings. The summed E-state index contributed by atoms with van der Waals surface area (Å²) in [7, 11) is 0.